The molecular formula is C24H38N2O2. The molecule has 4 heteroatoms. The van der Waals surface area contributed by atoms with E-state index in [1.165, 1.54) is 17.0 Å². The largest absolute Gasteiger partial charge is 0.491 e. The molecule has 0 fully saturated rings. The Balaban J connectivity index is 1.78. The van der Waals surface area contributed by atoms with E-state index in [0.29, 0.717) is 6.54 Å². The van der Waals surface area contributed by atoms with Crippen LogP contribution in [-0.4, -0.2) is 28.9 Å². The van der Waals surface area contributed by atoms with Crippen molar-refractivity contribution in [2.75, 3.05) is 13.2 Å². The minimum atomic E-state index is -0.543. The summed E-state index contributed by atoms with van der Waals surface area (Å²) in [5.41, 5.74) is 4.16. The number of hydrogen-bond acceptors (Lipinski definition) is 3. The van der Waals surface area contributed by atoms with E-state index in [4.69, 9.17) is 4.74 Å². The molecule has 0 aliphatic rings. The van der Waals surface area contributed by atoms with E-state index in [2.05, 4.69) is 82.7 Å². The topological polar surface area (TPSA) is 46.4 Å². The van der Waals surface area contributed by atoms with Crippen molar-refractivity contribution in [1.82, 2.24) is 9.88 Å². The third kappa shape index (κ3) is 6.68. The predicted molar refractivity (Wildman–Crippen MR) is 117 cm³/mol. The zero-order valence-electron chi connectivity index (χ0n) is 18.7. The molecule has 156 valence electrons. The van der Waals surface area contributed by atoms with Gasteiger partial charge in [0, 0.05) is 31.5 Å². The Kier molecular flexibility index (Phi) is 7.35. The molecule has 4 nitrogen and oxygen atoms in total. The van der Waals surface area contributed by atoms with E-state index in [9.17, 15) is 5.11 Å². The number of ether oxygens (including phenoxy) is 1. The number of aryl methyl sites for hydroxylation is 1. The Bertz CT molecular complexity index is 739. The highest BCUT2D eigenvalue weighted by Crippen LogP contribution is 2.36. The van der Waals surface area contributed by atoms with Gasteiger partial charge < -0.3 is 19.7 Å². The molecule has 0 bridgehead atoms. The second-order valence-corrected chi connectivity index (χ2v) is 9.77. The number of rotatable bonds is 9. The Hall–Kier alpha value is -1.78. The van der Waals surface area contributed by atoms with Crippen LogP contribution in [0.25, 0.3) is 0 Å². The molecule has 2 N–H and O–H groups in total. The van der Waals surface area contributed by atoms with Crippen molar-refractivity contribution in [3.8, 4) is 5.75 Å². The van der Waals surface area contributed by atoms with Crippen molar-refractivity contribution in [1.29, 1.82) is 0 Å². The predicted octanol–water partition coefficient (Wildman–Crippen LogP) is 4.58. The molecule has 1 aromatic heterocycles. The summed E-state index contributed by atoms with van der Waals surface area (Å²) in [6, 6.07) is 12.5. The van der Waals surface area contributed by atoms with Gasteiger partial charge in [-0.05, 0) is 54.0 Å². The highest BCUT2D eigenvalue weighted by molar-refractivity contribution is 5.31. The molecule has 2 rings (SSSR count). The number of benzene rings is 1. The number of aromatic nitrogens is 1. The first-order chi connectivity index (χ1) is 13.0. The van der Waals surface area contributed by atoms with Gasteiger partial charge in [-0.25, -0.2) is 0 Å². The van der Waals surface area contributed by atoms with Crippen molar-refractivity contribution in [3.05, 3.63) is 53.3 Å². The van der Waals surface area contributed by atoms with Gasteiger partial charge in [0.25, 0.3) is 0 Å². The van der Waals surface area contributed by atoms with E-state index in [-0.39, 0.29) is 17.4 Å². The van der Waals surface area contributed by atoms with Gasteiger partial charge in [-0.2, -0.15) is 0 Å². The fraction of sp³-hybridized carbons (Fsp3) is 0.583. The highest BCUT2D eigenvalue weighted by atomic mass is 16.5. The first-order valence-electron chi connectivity index (χ1n) is 10.2. The van der Waals surface area contributed by atoms with Crippen LogP contribution in [0.1, 0.15) is 58.0 Å². The van der Waals surface area contributed by atoms with Crippen molar-refractivity contribution in [3.63, 3.8) is 0 Å². The number of nitrogens with one attached hydrogen (secondary N) is 1. The van der Waals surface area contributed by atoms with Crippen molar-refractivity contribution in [2.24, 2.45) is 12.5 Å². The Labute approximate surface area is 170 Å². The molecule has 1 atom stereocenters. The summed E-state index contributed by atoms with van der Waals surface area (Å²) < 4.78 is 7.92. The minimum absolute atomic E-state index is 0.121. The lowest BCUT2D eigenvalue weighted by Gasteiger charge is -2.33. The zero-order valence-corrected chi connectivity index (χ0v) is 18.7. The molecule has 0 saturated carbocycles. The number of hydrogen-bond donors (Lipinski definition) is 2. The van der Waals surface area contributed by atoms with Crippen LogP contribution in [-0.2, 0) is 19.0 Å². The fourth-order valence-electron chi connectivity index (χ4n) is 3.89. The third-order valence-electron chi connectivity index (χ3n) is 5.21. The average molecular weight is 387 g/mol. The van der Waals surface area contributed by atoms with Crippen LogP contribution < -0.4 is 10.1 Å². The lowest BCUT2D eigenvalue weighted by Crippen LogP contribution is -2.31. The third-order valence-corrected chi connectivity index (χ3v) is 5.21. The second-order valence-electron chi connectivity index (χ2n) is 9.77. The maximum atomic E-state index is 10.2. The van der Waals surface area contributed by atoms with Gasteiger partial charge in [0.15, 0.2) is 0 Å². The SMILES string of the molecule is Cc1ccc(CNCC(O)COc2ccc(C(C)(C)CC(C)(C)C)cc2)n1C. The van der Waals surface area contributed by atoms with Gasteiger partial charge in [-0.3, -0.25) is 0 Å². The van der Waals surface area contributed by atoms with E-state index < -0.39 is 6.10 Å². The van der Waals surface area contributed by atoms with Crippen LogP contribution in [0.3, 0.4) is 0 Å². The summed E-state index contributed by atoms with van der Waals surface area (Å²) >= 11 is 0. The van der Waals surface area contributed by atoms with Crippen LogP contribution in [0.4, 0.5) is 0 Å². The van der Waals surface area contributed by atoms with Crippen molar-refractivity contribution < 1.29 is 9.84 Å². The summed E-state index contributed by atoms with van der Waals surface area (Å²) in [7, 11) is 2.05. The fourth-order valence-corrected chi connectivity index (χ4v) is 3.89. The maximum absolute atomic E-state index is 10.2. The van der Waals surface area contributed by atoms with Gasteiger partial charge in [0.1, 0.15) is 18.5 Å². The molecule has 0 saturated heterocycles. The van der Waals surface area contributed by atoms with Gasteiger partial charge >= 0.3 is 0 Å². The summed E-state index contributed by atoms with van der Waals surface area (Å²) in [5.74, 6) is 0.799. The first-order valence-corrected chi connectivity index (χ1v) is 10.2. The van der Waals surface area contributed by atoms with Crippen LogP contribution >= 0.6 is 0 Å². The maximum Gasteiger partial charge on any atom is 0.119 e. The zero-order chi connectivity index (χ0) is 20.9. The monoisotopic (exact) mass is 386 g/mol. The van der Waals surface area contributed by atoms with Crippen molar-refractivity contribution >= 4 is 0 Å². The number of nitrogens with zero attached hydrogens (tertiary/aromatic N) is 1. The average Bonchev–Trinajstić information content (AvgIpc) is 2.90. The Morgan fingerprint density at radius 2 is 1.68 bits per heavy atom. The van der Waals surface area contributed by atoms with E-state index in [0.717, 1.165) is 18.7 Å². The van der Waals surface area contributed by atoms with E-state index >= 15 is 0 Å². The first kappa shape index (κ1) is 22.5. The number of aliphatic hydroxyl groups excluding tert-OH is 1. The smallest absolute Gasteiger partial charge is 0.119 e. The number of aliphatic hydroxyl groups is 1. The van der Waals surface area contributed by atoms with E-state index in [1.807, 2.05) is 12.1 Å². The van der Waals surface area contributed by atoms with Crippen LogP contribution in [0, 0.1) is 12.3 Å². The molecule has 0 radical (unpaired) electrons. The van der Waals surface area contributed by atoms with Gasteiger partial charge in [0.05, 0.1) is 0 Å². The summed E-state index contributed by atoms with van der Waals surface area (Å²) in [4.78, 5) is 0. The molecule has 1 aromatic carbocycles. The van der Waals surface area contributed by atoms with Gasteiger partial charge in [0.2, 0.25) is 0 Å². The van der Waals surface area contributed by atoms with E-state index in [1.54, 1.807) is 0 Å². The molecule has 0 amide bonds. The second kappa shape index (κ2) is 9.15. The minimum Gasteiger partial charge on any atom is -0.491 e. The quantitative estimate of drug-likeness (QED) is 0.663. The summed E-state index contributed by atoms with van der Waals surface area (Å²) in [5, 5.41) is 13.5. The lowest BCUT2D eigenvalue weighted by atomic mass is 9.72. The standard InChI is InChI=1S/C24H38N2O2/c1-18-8-11-20(26(18)7)14-25-15-21(27)16-28-22-12-9-19(10-13-22)24(5,6)17-23(2,3)4/h8-13,21,25,27H,14-17H2,1-7H3. The van der Waals surface area contributed by atoms with Crippen molar-refractivity contribution in [2.45, 2.75) is 66.0 Å². The molecule has 1 unspecified atom stereocenters. The highest BCUT2D eigenvalue weighted by Gasteiger charge is 2.27. The van der Waals surface area contributed by atoms with Gasteiger partial charge in [-0.1, -0.05) is 46.8 Å². The summed E-state index contributed by atoms with van der Waals surface area (Å²) in [6.07, 6.45) is 0.573. The molecular weight excluding hydrogens is 348 g/mol. The molecule has 0 aliphatic carbocycles. The molecule has 0 spiro atoms. The Morgan fingerprint density at radius 3 is 2.21 bits per heavy atom. The van der Waals surface area contributed by atoms with Crippen LogP contribution in [0.5, 0.6) is 5.75 Å². The lowest BCUT2D eigenvalue weighted by molar-refractivity contribution is 0.106. The molecule has 2 aromatic rings. The van der Waals surface area contributed by atoms with Crippen LogP contribution in [0.15, 0.2) is 36.4 Å². The van der Waals surface area contributed by atoms with Gasteiger partial charge in [-0.15, -0.1) is 0 Å². The normalized spacial score (nSPS) is 13.6. The molecule has 0 aliphatic heterocycles. The molecule has 1 heterocycles. The van der Waals surface area contributed by atoms with Crippen LogP contribution in [0.2, 0.25) is 0 Å². The summed E-state index contributed by atoms with van der Waals surface area (Å²) in [6.45, 7) is 15.0. The molecule has 28 heavy (non-hydrogen) atoms. The Morgan fingerprint density at radius 1 is 1.04 bits per heavy atom.